The molecule has 2 rings (SSSR count). The number of fused-ring (bicyclic) bond motifs is 1. The van der Waals surface area contributed by atoms with Crippen LogP contribution in [0, 0.1) is 0 Å². The van der Waals surface area contributed by atoms with E-state index in [0.717, 1.165) is 22.7 Å². The minimum Gasteiger partial charge on any atom is -0.274 e. The van der Waals surface area contributed by atoms with Crippen LogP contribution in [0.5, 0.6) is 0 Å². The second kappa shape index (κ2) is 6.42. The number of allylic oxidation sites excluding steroid dienone is 2. The van der Waals surface area contributed by atoms with Crippen LogP contribution in [0.3, 0.4) is 0 Å². The van der Waals surface area contributed by atoms with Gasteiger partial charge in [0.25, 0.3) is 10.0 Å². The van der Waals surface area contributed by atoms with Crippen LogP contribution >= 0.6 is 11.6 Å². The SMILES string of the molecule is CCCC1=C(CCC)N(C(C)=O)S(=O)(=O)c2ccc(Cl)cc21. The van der Waals surface area contributed by atoms with Gasteiger partial charge in [0.2, 0.25) is 5.91 Å². The monoisotopic (exact) mass is 341 g/mol. The molecule has 0 unspecified atom stereocenters. The van der Waals surface area contributed by atoms with E-state index in [2.05, 4.69) is 0 Å². The standard InChI is InChI=1S/C16H20ClNO3S/c1-4-6-13-14-10-12(17)8-9-16(14)22(20,21)18(11(3)19)15(13)7-5-2/h8-10H,4-7H2,1-3H3. The number of benzene rings is 1. The quantitative estimate of drug-likeness (QED) is 0.824. The third-order valence-electron chi connectivity index (χ3n) is 3.65. The molecule has 0 aliphatic carbocycles. The summed E-state index contributed by atoms with van der Waals surface area (Å²) in [6, 6.07) is 4.72. The van der Waals surface area contributed by atoms with Crippen molar-refractivity contribution in [2.24, 2.45) is 0 Å². The molecule has 6 heteroatoms. The number of halogens is 1. The van der Waals surface area contributed by atoms with Gasteiger partial charge in [-0.15, -0.1) is 0 Å². The molecule has 0 saturated carbocycles. The van der Waals surface area contributed by atoms with Crippen molar-refractivity contribution in [3.63, 3.8) is 0 Å². The molecule has 0 radical (unpaired) electrons. The molecule has 1 aromatic carbocycles. The van der Waals surface area contributed by atoms with Gasteiger partial charge < -0.3 is 0 Å². The molecule has 0 saturated heterocycles. The van der Waals surface area contributed by atoms with Crippen LogP contribution in [0.15, 0.2) is 28.8 Å². The summed E-state index contributed by atoms with van der Waals surface area (Å²) in [5, 5.41) is 0.495. The third-order valence-corrected chi connectivity index (χ3v) is 5.76. The van der Waals surface area contributed by atoms with Gasteiger partial charge in [-0.25, -0.2) is 12.7 Å². The number of rotatable bonds is 4. The summed E-state index contributed by atoms with van der Waals surface area (Å²) in [6.45, 7) is 5.29. The Labute approximate surface area is 136 Å². The Bertz CT molecular complexity index is 738. The second-order valence-electron chi connectivity index (χ2n) is 5.35. The summed E-state index contributed by atoms with van der Waals surface area (Å²) >= 11 is 6.06. The summed E-state index contributed by atoms with van der Waals surface area (Å²) in [5.41, 5.74) is 2.13. The molecule has 0 bridgehead atoms. The highest BCUT2D eigenvalue weighted by Crippen LogP contribution is 2.41. The van der Waals surface area contributed by atoms with Crippen molar-refractivity contribution in [3.8, 4) is 0 Å². The van der Waals surface area contributed by atoms with E-state index < -0.39 is 15.9 Å². The van der Waals surface area contributed by atoms with Crippen LogP contribution in [0.1, 0.15) is 52.0 Å². The first-order valence-electron chi connectivity index (χ1n) is 7.42. The molecular formula is C16H20ClNO3S. The molecule has 4 nitrogen and oxygen atoms in total. The predicted octanol–water partition coefficient (Wildman–Crippen LogP) is 4.20. The fourth-order valence-corrected chi connectivity index (χ4v) is 4.76. The van der Waals surface area contributed by atoms with Gasteiger partial charge in [-0.2, -0.15) is 0 Å². The van der Waals surface area contributed by atoms with Gasteiger partial charge in [0.1, 0.15) is 0 Å². The smallest absolute Gasteiger partial charge is 0.271 e. The van der Waals surface area contributed by atoms with Gasteiger partial charge in [0, 0.05) is 23.2 Å². The molecule has 1 amide bonds. The van der Waals surface area contributed by atoms with Crippen molar-refractivity contribution in [1.29, 1.82) is 0 Å². The lowest BCUT2D eigenvalue weighted by molar-refractivity contribution is -0.123. The van der Waals surface area contributed by atoms with Crippen molar-refractivity contribution in [2.75, 3.05) is 0 Å². The zero-order valence-corrected chi connectivity index (χ0v) is 14.6. The summed E-state index contributed by atoms with van der Waals surface area (Å²) < 4.78 is 26.6. The average molecular weight is 342 g/mol. The third kappa shape index (κ3) is 2.79. The first-order chi connectivity index (χ1) is 10.3. The fourth-order valence-electron chi connectivity index (χ4n) is 2.86. The van der Waals surface area contributed by atoms with Crippen LogP contribution in [0.25, 0.3) is 5.57 Å². The van der Waals surface area contributed by atoms with Gasteiger partial charge in [-0.3, -0.25) is 4.79 Å². The Balaban J connectivity index is 2.84. The molecular weight excluding hydrogens is 322 g/mol. The Morgan fingerprint density at radius 3 is 2.36 bits per heavy atom. The number of hydrogen-bond donors (Lipinski definition) is 0. The Kier molecular flexibility index (Phi) is 4.97. The maximum atomic E-state index is 12.8. The average Bonchev–Trinajstić information content (AvgIpc) is 2.42. The number of sulfonamides is 1. The normalized spacial score (nSPS) is 16.6. The van der Waals surface area contributed by atoms with Gasteiger partial charge in [0.05, 0.1) is 4.90 Å². The maximum absolute atomic E-state index is 12.8. The Hall–Kier alpha value is -1.33. The molecule has 22 heavy (non-hydrogen) atoms. The maximum Gasteiger partial charge on any atom is 0.271 e. The van der Waals surface area contributed by atoms with E-state index in [-0.39, 0.29) is 4.90 Å². The number of amides is 1. The largest absolute Gasteiger partial charge is 0.274 e. The molecule has 0 fully saturated rings. The van der Waals surface area contributed by atoms with Crippen LogP contribution in [-0.2, 0) is 14.8 Å². The molecule has 0 aromatic heterocycles. The molecule has 0 atom stereocenters. The van der Waals surface area contributed by atoms with Gasteiger partial charge in [-0.05, 0) is 36.6 Å². The first-order valence-corrected chi connectivity index (χ1v) is 9.24. The van der Waals surface area contributed by atoms with E-state index in [1.165, 1.54) is 13.0 Å². The molecule has 120 valence electrons. The predicted molar refractivity (Wildman–Crippen MR) is 87.9 cm³/mol. The van der Waals surface area contributed by atoms with Crippen molar-refractivity contribution in [2.45, 2.75) is 51.3 Å². The molecule has 0 spiro atoms. The highest BCUT2D eigenvalue weighted by Gasteiger charge is 2.38. The van der Waals surface area contributed by atoms with Gasteiger partial charge >= 0.3 is 0 Å². The highest BCUT2D eigenvalue weighted by molar-refractivity contribution is 7.90. The van der Waals surface area contributed by atoms with E-state index in [4.69, 9.17) is 11.6 Å². The van der Waals surface area contributed by atoms with Crippen LogP contribution in [-0.4, -0.2) is 18.6 Å². The lowest BCUT2D eigenvalue weighted by Crippen LogP contribution is -2.38. The summed E-state index contributed by atoms with van der Waals surface area (Å²) in [6.07, 6.45) is 2.88. The number of carbonyl (C=O) groups excluding carboxylic acids is 1. The Morgan fingerprint density at radius 1 is 1.18 bits per heavy atom. The molecule has 1 heterocycles. The molecule has 1 aliphatic heterocycles. The Morgan fingerprint density at radius 2 is 1.82 bits per heavy atom. The first kappa shape index (κ1) is 17.0. The van der Waals surface area contributed by atoms with E-state index in [1.807, 2.05) is 13.8 Å². The van der Waals surface area contributed by atoms with Crippen LogP contribution in [0.4, 0.5) is 0 Å². The second-order valence-corrected chi connectivity index (χ2v) is 7.55. The number of carbonyl (C=O) groups is 1. The zero-order valence-electron chi connectivity index (χ0n) is 13.0. The molecule has 1 aromatic rings. The van der Waals surface area contributed by atoms with E-state index >= 15 is 0 Å². The minimum absolute atomic E-state index is 0.162. The van der Waals surface area contributed by atoms with Crippen molar-refractivity contribution in [1.82, 2.24) is 4.31 Å². The summed E-state index contributed by atoms with van der Waals surface area (Å²) in [4.78, 5) is 12.2. The minimum atomic E-state index is -3.85. The topological polar surface area (TPSA) is 54.5 Å². The summed E-state index contributed by atoms with van der Waals surface area (Å²) in [5.74, 6) is -0.474. The van der Waals surface area contributed by atoms with E-state index in [9.17, 15) is 13.2 Å². The fraction of sp³-hybridized carbons (Fsp3) is 0.438. The highest BCUT2D eigenvalue weighted by atomic mass is 35.5. The van der Waals surface area contributed by atoms with Crippen molar-refractivity contribution in [3.05, 3.63) is 34.5 Å². The summed E-state index contributed by atoms with van der Waals surface area (Å²) in [7, 11) is -3.85. The molecule has 1 aliphatic rings. The van der Waals surface area contributed by atoms with E-state index in [0.29, 0.717) is 29.1 Å². The van der Waals surface area contributed by atoms with Crippen LogP contribution < -0.4 is 0 Å². The van der Waals surface area contributed by atoms with Gasteiger partial charge in [-0.1, -0.05) is 38.3 Å². The number of nitrogens with zero attached hydrogens (tertiary/aromatic N) is 1. The van der Waals surface area contributed by atoms with Crippen molar-refractivity contribution >= 4 is 33.1 Å². The molecule has 0 N–H and O–H groups in total. The zero-order chi connectivity index (χ0) is 16.5. The van der Waals surface area contributed by atoms with E-state index in [1.54, 1.807) is 12.1 Å². The van der Waals surface area contributed by atoms with Crippen LogP contribution in [0.2, 0.25) is 5.02 Å². The van der Waals surface area contributed by atoms with Crippen molar-refractivity contribution < 1.29 is 13.2 Å². The lowest BCUT2D eigenvalue weighted by atomic mass is 9.96. The van der Waals surface area contributed by atoms with Gasteiger partial charge in [0.15, 0.2) is 0 Å². The number of hydrogen-bond acceptors (Lipinski definition) is 3. The lowest BCUT2D eigenvalue weighted by Gasteiger charge is -2.32.